The van der Waals surface area contributed by atoms with Gasteiger partial charge in [-0.15, -0.1) is 0 Å². The molecule has 0 bridgehead atoms. The number of amides is 1. The van der Waals surface area contributed by atoms with Crippen LogP contribution in [0, 0.1) is 0 Å². The maximum atomic E-state index is 12.6. The fraction of sp³-hybridized carbons (Fsp3) is 0.364. The second-order valence-electron chi connectivity index (χ2n) is 6.93. The van der Waals surface area contributed by atoms with Crippen molar-refractivity contribution in [2.75, 3.05) is 35.7 Å². The van der Waals surface area contributed by atoms with E-state index in [1.54, 1.807) is 24.3 Å². The maximum Gasteiger partial charge on any atom is 0.263 e. The number of hydrogen-bond acceptors (Lipinski definition) is 6. The standard InChI is InChI=1S/C22H30N4O4S/c1-6-25(7-2)19-10-8-18(9-11-19)16-23-24-22(27)17(3)26(31(5,28)29)20-12-14-21(30-4)15-13-20/h8-17H,6-7H2,1-5H3,(H,24,27)/b23-16-/t17-/m1/s1. The first-order valence-corrected chi connectivity index (χ1v) is 11.9. The zero-order valence-corrected chi connectivity index (χ0v) is 19.4. The molecule has 1 N–H and O–H groups in total. The zero-order valence-electron chi connectivity index (χ0n) is 18.6. The first kappa shape index (κ1) is 24.2. The van der Waals surface area contributed by atoms with Crippen molar-refractivity contribution in [1.29, 1.82) is 0 Å². The Bertz CT molecular complexity index is 985. The number of methoxy groups -OCH3 is 1. The van der Waals surface area contributed by atoms with E-state index in [9.17, 15) is 13.2 Å². The van der Waals surface area contributed by atoms with Gasteiger partial charge in [0, 0.05) is 18.8 Å². The van der Waals surface area contributed by atoms with Crippen LogP contribution in [0.25, 0.3) is 0 Å². The largest absolute Gasteiger partial charge is 0.497 e. The Kier molecular flexibility index (Phi) is 8.44. The monoisotopic (exact) mass is 446 g/mol. The van der Waals surface area contributed by atoms with Gasteiger partial charge in [0.05, 0.1) is 25.3 Å². The van der Waals surface area contributed by atoms with Gasteiger partial charge in [-0.1, -0.05) is 12.1 Å². The fourth-order valence-corrected chi connectivity index (χ4v) is 4.34. The number of ether oxygens (including phenoxy) is 1. The summed E-state index contributed by atoms with van der Waals surface area (Å²) >= 11 is 0. The molecule has 0 fully saturated rings. The van der Waals surface area contributed by atoms with Crippen LogP contribution in [0.2, 0.25) is 0 Å². The van der Waals surface area contributed by atoms with Gasteiger partial charge in [0.2, 0.25) is 10.0 Å². The van der Waals surface area contributed by atoms with Crippen molar-refractivity contribution in [1.82, 2.24) is 5.43 Å². The minimum Gasteiger partial charge on any atom is -0.497 e. The number of hydrazone groups is 1. The molecule has 0 radical (unpaired) electrons. The van der Waals surface area contributed by atoms with Crippen molar-refractivity contribution in [2.45, 2.75) is 26.8 Å². The first-order valence-electron chi connectivity index (χ1n) is 10.0. The van der Waals surface area contributed by atoms with Crippen molar-refractivity contribution >= 4 is 33.5 Å². The molecule has 0 unspecified atom stereocenters. The summed E-state index contributed by atoms with van der Waals surface area (Å²) in [4.78, 5) is 14.8. The molecule has 2 aromatic carbocycles. The molecule has 0 spiro atoms. The predicted octanol–water partition coefficient (Wildman–Crippen LogP) is 2.85. The molecule has 0 heterocycles. The van der Waals surface area contributed by atoms with Gasteiger partial charge < -0.3 is 9.64 Å². The predicted molar refractivity (Wildman–Crippen MR) is 126 cm³/mol. The number of hydrogen-bond donors (Lipinski definition) is 1. The van der Waals surface area contributed by atoms with Crippen molar-refractivity contribution in [3.63, 3.8) is 0 Å². The quantitative estimate of drug-likeness (QED) is 0.448. The lowest BCUT2D eigenvalue weighted by Gasteiger charge is -2.27. The molecule has 1 atom stereocenters. The molecule has 8 nitrogen and oxygen atoms in total. The summed E-state index contributed by atoms with van der Waals surface area (Å²) in [6.45, 7) is 7.55. The molecule has 31 heavy (non-hydrogen) atoms. The Balaban J connectivity index is 2.09. The lowest BCUT2D eigenvalue weighted by atomic mass is 10.2. The molecule has 0 aliphatic heterocycles. The number of anilines is 2. The SMILES string of the molecule is CCN(CC)c1ccc(/C=N\NC(=O)[C@@H](C)N(c2ccc(OC)cc2)S(C)(=O)=O)cc1. The highest BCUT2D eigenvalue weighted by molar-refractivity contribution is 7.92. The molecule has 2 aromatic rings. The Morgan fingerprint density at radius 1 is 1.06 bits per heavy atom. The van der Waals surface area contributed by atoms with Gasteiger partial charge >= 0.3 is 0 Å². The van der Waals surface area contributed by atoms with Gasteiger partial charge in [0.15, 0.2) is 0 Å². The van der Waals surface area contributed by atoms with Gasteiger partial charge in [0.1, 0.15) is 11.8 Å². The van der Waals surface area contributed by atoms with E-state index in [0.717, 1.165) is 34.9 Å². The van der Waals surface area contributed by atoms with E-state index in [4.69, 9.17) is 4.74 Å². The Labute approximate surface area is 184 Å². The van der Waals surface area contributed by atoms with Crippen LogP contribution >= 0.6 is 0 Å². The molecule has 168 valence electrons. The highest BCUT2D eigenvalue weighted by Gasteiger charge is 2.29. The second kappa shape index (κ2) is 10.8. The molecule has 0 aliphatic carbocycles. The molecular formula is C22H30N4O4S. The van der Waals surface area contributed by atoms with Crippen LogP contribution in [-0.2, 0) is 14.8 Å². The molecule has 0 saturated heterocycles. The van der Waals surface area contributed by atoms with E-state index in [1.165, 1.54) is 20.2 Å². The van der Waals surface area contributed by atoms with Gasteiger partial charge in [0.25, 0.3) is 5.91 Å². The minimum atomic E-state index is -3.70. The number of sulfonamides is 1. The van der Waals surface area contributed by atoms with Gasteiger partial charge in [-0.05, 0) is 62.7 Å². The molecule has 0 aliphatic rings. The summed E-state index contributed by atoms with van der Waals surface area (Å²) < 4.78 is 30.8. The number of carbonyl (C=O) groups is 1. The number of rotatable bonds is 10. The fourth-order valence-electron chi connectivity index (χ4n) is 3.16. The summed E-state index contributed by atoms with van der Waals surface area (Å²) in [5.74, 6) is 0.0446. The van der Waals surface area contributed by atoms with Crippen molar-refractivity contribution in [3.8, 4) is 5.75 Å². The molecule has 2 rings (SSSR count). The smallest absolute Gasteiger partial charge is 0.263 e. The average Bonchev–Trinajstić information content (AvgIpc) is 2.75. The Hall–Kier alpha value is -3.07. The summed E-state index contributed by atoms with van der Waals surface area (Å²) in [6, 6.07) is 13.3. The minimum absolute atomic E-state index is 0.363. The third kappa shape index (κ3) is 6.45. The molecule has 0 aromatic heterocycles. The Morgan fingerprint density at radius 3 is 2.10 bits per heavy atom. The van der Waals surface area contributed by atoms with Crippen molar-refractivity contribution in [2.24, 2.45) is 5.10 Å². The van der Waals surface area contributed by atoms with Crippen LogP contribution in [0.15, 0.2) is 53.6 Å². The van der Waals surface area contributed by atoms with E-state index < -0.39 is 22.0 Å². The average molecular weight is 447 g/mol. The third-order valence-electron chi connectivity index (χ3n) is 4.83. The highest BCUT2D eigenvalue weighted by atomic mass is 32.2. The van der Waals surface area contributed by atoms with E-state index >= 15 is 0 Å². The van der Waals surface area contributed by atoms with Crippen LogP contribution in [0.1, 0.15) is 26.3 Å². The number of carbonyl (C=O) groups excluding carboxylic acids is 1. The van der Waals surface area contributed by atoms with Crippen molar-refractivity contribution < 1.29 is 17.9 Å². The Morgan fingerprint density at radius 2 is 1.61 bits per heavy atom. The molecular weight excluding hydrogens is 416 g/mol. The van der Waals surface area contributed by atoms with Crippen LogP contribution < -0.4 is 19.4 Å². The highest BCUT2D eigenvalue weighted by Crippen LogP contribution is 2.23. The van der Waals surface area contributed by atoms with Crippen LogP contribution in [0.3, 0.4) is 0 Å². The van der Waals surface area contributed by atoms with Crippen LogP contribution in [-0.4, -0.2) is 53.0 Å². The lowest BCUT2D eigenvalue weighted by molar-refractivity contribution is -0.121. The van der Waals surface area contributed by atoms with Gasteiger partial charge in [-0.2, -0.15) is 5.10 Å². The normalized spacial score (nSPS) is 12.4. The maximum absolute atomic E-state index is 12.6. The number of nitrogens with zero attached hydrogens (tertiary/aromatic N) is 3. The van der Waals surface area contributed by atoms with Crippen LogP contribution in [0.4, 0.5) is 11.4 Å². The van der Waals surface area contributed by atoms with Gasteiger partial charge in [-0.25, -0.2) is 13.8 Å². The van der Waals surface area contributed by atoms with E-state index in [0.29, 0.717) is 11.4 Å². The summed E-state index contributed by atoms with van der Waals surface area (Å²) in [5.41, 5.74) is 4.72. The van der Waals surface area contributed by atoms with Crippen LogP contribution in [0.5, 0.6) is 5.75 Å². The summed E-state index contributed by atoms with van der Waals surface area (Å²) in [6.07, 6.45) is 2.58. The first-order chi connectivity index (χ1) is 14.7. The van der Waals surface area contributed by atoms with Crippen molar-refractivity contribution in [3.05, 3.63) is 54.1 Å². The number of nitrogens with one attached hydrogen (secondary N) is 1. The molecule has 1 amide bonds. The topological polar surface area (TPSA) is 91.3 Å². The van der Waals surface area contributed by atoms with E-state index in [-0.39, 0.29) is 0 Å². The second-order valence-corrected chi connectivity index (χ2v) is 8.79. The summed E-state index contributed by atoms with van der Waals surface area (Å²) in [7, 11) is -2.18. The van der Waals surface area contributed by atoms with E-state index in [1.807, 2.05) is 24.3 Å². The molecule has 0 saturated carbocycles. The third-order valence-corrected chi connectivity index (χ3v) is 6.07. The van der Waals surface area contributed by atoms with Gasteiger partial charge in [-0.3, -0.25) is 9.10 Å². The zero-order chi connectivity index (χ0) is 23.0. The lowest BCUT2D eigenvalue weighted by Crippen LogP contribution is -2.46. The molecule has 9 heteroatoms. The van der Waals surface area contributed by atoms with E-state index in [2.05, 4.69) is 29.3 Å². The summed E-state index contributed by atoms with van der Waals surface area (Å²) in [5, 5.41) is 3.98. The number of benzene rings is 2.